The van der Waals surface area contributed by atoms with Gasteiger partial charge in [0.2, 0.25) is 11.8 Å². The summed E-state index contributed by atoms with van der Waals surface area (Å²) in [5.41, 5.74) is 4.36. The molecule has 2 aliphatic carbocycles. The van der Waals surface area contributed by atoms with Crippen LogP contribution < -0.4 is 9.46 Å². The topological polar surface area (TPSA) is 105 Å². The van der Waals surface area contributed by atoms with E-state index >= 15 is 0 Å². The molecule has 47 heavy (non-hydrogen) atoms. The predicted octanol–water partition coefficient (Wildman–Crippen LogP) is 6.61. The molecule has 7 rings (SSSR count). The van der Waals surface area contributed by atoms with Crippen molar-refractivity contribution in [3.8, 4) is 17.1 Å². The number of carbonyl (C=O) groups is 1. The molecule has 0 unspecified atom stereocenters. The van der Waals surface area contributed by atoms with Gasteiger partial charge in [-0.15, -0.1) is 0 Å². The Bertz CT molecular complexity index is 1740. The van der Waals surface area contributed by atoms with Gasteiger partial charge in [0, 0.05) is 42.4 Å². The summed E-state index contributed by atoms with van der Waals surface area (Å²) < 4.78 is 36.7. The first-order chi connectivity index (χ1) is 22.5. The Labute approximate surface area is 279 Å². The first-order valence-electron chi connectivity index (χ1n) is 17.3. The number of hydrogen-bond acceptors (Lipinski definition) is 7. The quantitative estimate of drug-likeness (QED) is 0.337. The molecule has 2 saturated carbocycles. The zero-order chi connectivity index (χ0) is 32.9. The van der Waals surface area contributed by atoms with Crippen LogP contribution in [0.15, 0.2) is 53.4 Å². The van der Waals surface area contributed by atoms with Crippen LogP contribution >= 0.6 is 0 Å². The minimum absolute atomic E-state index is 0.00760. The highest BCUT2D eigenvalue weighted by Crippen LogP contribution is 2.53. The summed E-state index contributed by atoms with van der Waals surface area (Å²) >= 11 is 0. The number of sulfonamides is 1. The van der Waals surface area contributed by atoms with Gasteiger partial charge in [0.25, 0.3) is 15.9 Å². The molecule has 0 radical (unpaired) electrons. The third kappa shape index (κ3) is 6.51. The number of nitrogens with zero attached hydrogens (tertiary/aromatic N) is 4. The standard InChI is InChI=1S/C37H47N5O4S/c1-24(2)16-28-21-41(29-19-37(20-29)14-6-5-7-15-37)22-30-23-42(28)35(43)27-12-9-13-31(17-27)47(44,45)40-36-38-32(18-33(39-36)46-30)34-25(3)10-8-11-26(34)4/h8-13,17-18,24,28-30H,5-7,14-16,19-23H2,1-4H3,(H,38,39,40)/t28-,30+/m0/s1. The van der Waals surface area contributed by atoms with Crippen molar-refractivity contribution in [2.24, 2.45) is 11.3 Å². The smallest absolute Gasteiger partial charge is 0.264 e. The van der Waals surface area contributed by atoms with Gasteiger partial charge in [0.05, 0.1) is 17.1 Å². The number of amides is 1. The van der Waals surface area contributed by atoms with Crippen LogP contribution in [-0.4, -0.2) is 71.9 Å². The third-order valence-electron chi connectivity index (χ3n) is 10.8. The number of fused-ring (bicyclic) bond motifs is 6. The number of hydrogen-bond donors (Lipinski definition) is 1. The van der Waals surface area contributed by atoms with Crippen LogP contribution in [0, 0.1) is 25.2 Å². The van der Waals surface area contributed by atoms with Crippen molar-refractivity contribution in [1.29, 1.82) is 0 Å². The van der Waals surface area contributed by atoms with Gasteiger partial charge in [0.15, 0.2) is 0 Å². The lowest BCUT2D eigenvalue weighted by molar-refractivity contribution is -0.0354. The van der Waals surface area contributed by atoms with Gasteiger partial charge < -0.3 is 9.64 Å². The van der Waals surface area contributed by atoms with E-state index in [0.29, 0.717) is 47.6 Å². The zero-order valence-corrected chi connectivity index (χ0v) is 28.9. The fourth-order valence-electron chi connectivity index (χ4n) is 8.60. The van der Waals surface area contributed by atoms with E-state index in [2.05, 4.69) is 33.4 Å². The molecule has 3 heterocycles. The largest absolute Gasteiger partial charge is 0.471 e. The van der Waals surface area contributed by atoms with Crippen molar-refractivity contribution in [3.63, 3.8) is 0 Å². The molecule has 3 aromatic rings. The number of anilines is 1. The Balaban J connectivity index is 1.32. The van der Waals surface area contributed by atoms with Crippen LogP contribution in [0.3, 0.4) is 0 Å². The molecule has 1 spiro atoms. The molecule has 1 N–H and O–H groups in total. The third-order valence-corrected chi connectivity index (χ3v) is 12.2. The minimum atomic E-state index is -4.10. The second-order valence-corrected chi connectivity index (χ2v) is 16.6. The van der Waals surface area contributed by atoms with E-state index in [1.165, 1.54) is 57.1 Å². The van der Waals surface area contributed by atoms with E-state index < -0.39 is 10.0 Å². The van der Waals surface area contributed by atoms with Crippen LogP contribution in [0.4, 0.5) is 5.95 Å². The first-order valence-corrected chi connectivity index (χ1v) is 18.8. The summed E-state index contributed by atoms with van der Waals surface area (Å²) in [4.78, 5) is 28.2. The number of benzene rings is 2. The van der Waals surface area contributed by atoms with Crippen molar-refractivity contribution < 1.29 is 17.9 Å². The van der Waals surface area contributed by atoms with Crippen LogP contribution in [0.5, 0.6) is 5.88 Å². The van der Waals surface area contributed by atoms with Gasteiger partial charge in [-0.1, -0.05) is 57.4 Å². The number of carbonyl (C=O) groups excluding carboxylic acids is 1. The maximum absolute atomic E-state index is 14.4. The summed E-state index contributed by atoms with van der Waals surface area (Å²) in [6.07, 6.45) is 9.57. The van der Waals surface area contributed by atoms with Gasteiger partial charge in [-0.2, -0.15) is 4.98 Å². The molecule has 4 aliphatic rings. The minimum Gasteiger partial charge on any atom is -0.471 e. The number of aryl methyl sites for hydroxylation is 2. The van der Waals surface area contributed by atoms with Gasteiger partial charge in [-0.05, 0) is 86.6 Å². The molecular formula is C37H47N5O4S. The summed E-state index contributed by atoms with van der Waals surface area (Å²) in [5, 5.41) is 0. The lowest BCUT2D eigenvalue weighted by Crippen LogP contribution is -2.55. The first kappa shape index (κ1) is 32.1. The maximum atomic E-state index is 14.4. The summed E-state index contributed by atoms with van der Waals surface area (Å²) in [6.45, 7) is 10.3. The van der Waals surface area contributed by atoms with E-state index in [1.54, 1.807) is 18.2 Å². The second kappa shape index (κ2) is 12.5. The summed E-state index contributed by atoms with van der Waals surface area (Å²) in [5.74, 6) is 0.435. The van der Waals surface area contributed by atoms with Crippen molar-refractivity contribution in [3.05, 3.63) is 65.2 Å². The SMILES string of the molecule is Cc1cccc(C)c1-c1cc2nc(n1)NS(=O)(=O)c1cccc(c1)C(=O)N1C[C@@H](CN(C3CC4(CCCCC4)C3)C[C@@H]1CC(C)C)O2. The number of aromatic nitrogens is 2. The Hall–Kier alpha value is -3.50. The van der Waals surface area contributed by atoms with E-state index in [1.807, 2.05) is 36.9 Å². The zero-order valence-electron chi connectivity index (χ0n) is 28.0. The molecule has 2 aliphatic heterocycles. The molecule has 2 atom stereocenters. The highest BCUT2D eigenvalue weighted by atomic mass is 32.2. The highest BCUT2D eigenvalue weighted by molar-refractivity contribution is 7.92. The molecular weight excluding hydrogens is 611 g/mol. The van der Waals surface area contributed by atoms with Crippen molar-refractivity contribution >= 4 is 21.9 Å². The maximum Gasteiger partial charge on any atom is 0.264 e. The number of ether oxygens (including phenoxy) is 1. The average Bonchev–Trinajstić information content (AvgIpc) is 3.17. The Morgan fingerprint density at radius 3 is 2.40 bits per heavy atom. The molecule has 3 fully saturated rings. The molecule has 2 aromatic carbocycles. The lowest BCUT2D eigenvalue weighted by atomic mass is 9.58. The number of nitrogens with one attached hydrogen (secondary N) is 1. The molecule has 9 nitrogen and oxygen atoms in total. The van der Waals surface area contributed by atoms with Gasteiger partial charge >= 0.3 is 0 Å². The van der Waals surface area contributed by atoms with Gasteiger partial charge in [0.1, 0.15) is 6.10 Å². The summed E-state index contributed by atoms with van der Waals surface area (Å²) in [6, 6.07) is 14.6. The summed E-state index contributed by atoms with van der Waals surface area (Å²) in [7, 11) is -4.10. The van der Waals surface area contributed by atoms with Crippen molar-refractivity contribution in [2.75, 3.05) is 24.4 Å². The van der Waals surface area contributed by atoms with E-state index in [9.17, 15) is 13.2 Å². The molecule has 250 valence electrons. The molecule has 1 amide bonds. The highest BCUT2D eigenvalue weighted by Gasteiger charge is 2.48. The Kier molecular flexibility index (Phi) is 8.53. The lowest BCUT2D eigenvalue weighted by Gasteiger charge is -2.54. The fraction of sp³-hybridized carbons (Fsp3) is 0.541. The average molecular weight is 658 g/mol. The van der Waals surface area contributed by atoms with Crippen molar-refractivity contribution in [1.82, 2.24) is 19.8 Å². The molecule has 10 heteroatoms. The monoisotopic (exact) mass is 657 g/mol. The molecule has 1 saturated heterocycles. The van der Waals surface area contributed by atoms with Crippen LogP contribution in [0.2, 0.25) is 0 Å². The normalized spacial score (nSPS) is 24.3. The van der Waals surface area contributed by atoms with E-state index in [-0.39, 0.29) is 28.9 Å². The van der Waals surface area contributed by atoms with Crippen LogP contribution in [0.1, 0.15) is 86.7 Å². The van der Waals surface area contributed by atoms with E-state index in [4.69, 9.17) is 4.74 Å². The van der Waals surface area contributed by atoms with E-state index in [0.717, 1.165) is 29.7 Å². The van der Waals surface area contributed by atoms with Crippen molar-refractivity contribution in [2.45, 2.75) is 102 Å². The molecule has 1 aromatic heterocycles. The van der Waals surface area contributed by atoms with Gasteiger partial charge in [-0.3, -0.25) is 9.69 Å². The predicted molar refractivity (Wildman–Crippen MR) is 183 cm³/mol. The Morgan fingerprint density at radius 2 is 1.68 bits per heavy atom. The number of rotatable bonds is 4. The Morgan fingerprint density at radius 1 is 0.957 bits per heavy atom. The van der Waals surface area contributed by atoms with Crippen LogP contribution in [0.25, 0.3) is 11.3 Å². The fourth-order valence-corrected chi connectivity index (χ4v) is 9.59. The van der Waals surface area contributed by atoms with Crippen LogP contribution in [-0.2, 0) is 10.0 Å². The second-order valence-electron chi connectivity index (χ2n) is 14.9. The molecule has 6 bridgehead atoms. The van der Waals surface area contributed by atoms with Gasteiger partial charge in [-0.25, -0.2) is 18.1 Å².